The molecule has 1 fully saturated rings. The molecule has 0 unspecified atom stereocenters. The summed E-state index contributed by atoms with van der Waals surface area (Å²) in [5.74, 6) is -0.319. The second-order valence-corrected chi connectivity index (χ2v) is 9.10. The Labute approximate surface area is 183 Å². The van der Waals surface area contributed by atoms with E-state index in [2.05, 4.69) is 5.32 Å². The van der Waals surface area contributed by atoms with E-state index in [0.717, 1.165) is 25.7 Å². The number of ether oxygens (including phenoxy) is 2. The van der Waals surface area contributed by atoms with Gasteiger partial charge in [0.2, 0.25) is 0 Å². The van der Waals surface area contributed by atoms with Crippen LogP contribution < -0.4 is 10.1 Å². The molecular formula is C23H35FN2O5. The van der Waals surface area contributed by atoms with E-state index in [0.29, 0.717) is 31.4 Å². The summed E-state index contributed by atoms with van der Waals surface area (Å²) in [5, 5.41) is 11.5. The number of nitrogens with one attached hydrogen (secondary N) is 1. The van der Waals surface area contributed by atoms with Crippen LogP contribution in [0.25, 0.3) is 0 Å². The average Bonchev–Trinajstić information content (AvgIpc) is 2.70. The van der Waals surface area contributed by atoms with Crippen LogP contribution in [0.5, 0.6) is 5.75 Å². The van der Waals surface area contributed by atoms with Crippen LogP contribution in [0.2, 0.25) is 0 Å². The third kappa shape index (κ3) is 8.36. The minimum absolute atomic E-state index is 0.0793. The summed E-state index contributed by atoms with van der Waals surface area (Å²) >= 11 is 0. The minimum atomic E-state index is -0.658. The van der Waals surface area contributed by atoms with Crippen molar-refractivity contribution in [1.82, 2.24) is 10.2 Å². The molecule has 0 radical (unpaired) electrons. The summed E-state index contributed by atoms with van der Waals surface area (Å²) in [6.07, 6.45) is 3.42. The number of nitrogens with zero attached hydrogens (tertiary/aromatic N) is 1. The third-order valence-electron chi connectivity index (χ3n) is 5.13. The molecule has 1 aliphatic rings. The molecule has 7 nitrogen and oxygen atoms in total. The molecule has 1 saturated heterocycles. The predicted molar refractivity (Wildman–Crippen MR) is 116 cm³/mol. The molecule has 1 aromatic rings. The van der Waals surface area contributed by atoms with Crippen LogP contribution in [0.3, 0.4) is 0 Å². The molecule has 0 spiro atoms. The van der Waals surface area contributed by atoms with Crippen molar-refractivity contribution in [3.8, 4) is 5.75 Å². The fourth-order valence-corrected chi connectivity index (χ4v) is 3.41. The first-order valence-corrected chi connectivity index (χ1v) is 10.9. The first-order chi connectivity index (χ1) is 14.6. The number of amides is 2. The molecule has 2 rings (SSSR count). The third-order valence-corrected chi connectivity index (χ3v) is 5.13. The summed E-state index contributed by atoms with van der Waals surface area (Å²) in [6, 6.07) is 3.72. The highest BCUT2D eigenvalue weighted by Gasteiger charge is 2.26. The van der Waals surface area contributed by atoms with Gasteiger partial charge in [0.25, 0.3) is 5.91 Å². The highest BCUT2D eigenvalue weighted by Crippen LogP contribution is 2.24. The predicted octanol–water partition coefficient (Wildman–Crippen LogP) is 3.74. The van der Waals surface area contributed by atoms with Gasteiger partial charge in [-0.05, 0) is 71.4 Å². The van der Waals surface area contributed by atoms with E-state index in [1.54, 1.807) is 17.9 Å². The molecule has 0 bridgehead atoms. The smallest absolute Gasteiger partial charge is 0.410 e. The fourth-order valence-electron chi connectivity index (χ4n) is 3.41. The molecule has 1 atom stereocenters. The Bertz CT molecular complexity index is 742. The molecule has 1 aliphatic heterocycles. The maximum absolute atomic E-state index is 14.2. The van der Waals surface area contributed by atoms with Gasteiger partial charge in [-0.1, -0.05) is 0 Å². The average molecular weight is 439 g/mol. The van der Waals surface area contributed by atoms with Crippen molar-refractivity contribution in [1.29, 1.82) is 0 Å². The van der Waals surface area contributed by atoms with Crippen LogP contribution in [0.15, 0.2) is 18.2 Å². The molecule has 1 heterocycles. The Morgan fingerprint density at radius 2 is 1.97 bits per heavy atom. The van der Waals surface area contributed by atoms with Gasteiger partial charge in [-0.25, -0.2) is 9.18 Å². The zero-order valence-electron chi connectivity index (χ0n) is 18.9. The maximum Gasteiger partial charge on any atom is 0.410 e. The molecular weight excluding hydrogens is 403 g/mol. The molecule has 2 amide bonds. The van der Waals surface area contributed by atoms with Crippen LogP contribution >= 0.6 is 0 Å². The molecule has 0 saturated carbocycles. The van der Waals surface area contributed by atoms with E-state index >= 15 is 0 Å². The van der Waals surface area contributed by atoms with Crippen molar-refractivity contribution in [3.63, 3.8) is 0 Å². The van der Waals surface area contributed by atoms with Gasteiger partial charge in [0, 0.05) is 25.2 Å². The standard InChI is InChI=1S/C23H35FN2O5/c1-16(15-27)25-21(28)19-8-7-18(14-20(19)24)30-13-5-6-17-9-11-26(12-10-17)22(29)31-23(2,3)4/h7-8,14,16-17,27H,5-6,9-13,15H2,1-4H3,(H,25,28)/t16-/m1/s1. The van der Waals surface area contributed by atoms with E-state index in [1.807, 2.05) is 20.8 Å². The Kier molecular flexibility index (Phi) is 9.10. The van der Waals surface area contributed by atoms with Crippen LogP contribution in [0, 0.1) is 11.7 Å². The quantitative estimate of drug-likeness (QED) is 0.604. The first kappa shape index (κ1) is 24.9. The number of benzene rings is 1. The Morgan fingerprint density at radius 1 is 1.29 bits per heavy atom. The fraction of sp³-hybridized carbons (Fsp3) is 0.652. The number of likely N-dealkylation sites (tertiary alicyclic amines) is 1. The lowest BCUT2D eigenvalue weighted by molar-refractivity contribution is 0.0179. The maximum atomic E-state index is 14.2. The van der Waals surface area contributed by atoms with Crippen molar-refractivity contribution >= 4 is 12.0 Å². The number of halogens is 1. The number of hydrogen-bond acceptors (Lipinski definition) is 5. The van der Waals surface area contributed by atoms with Gasteiger partial charge in [-0.15, -0.1) is 0 Å². The second kappa shape index (κ2) is 11.3. The SMILES string of the molecule is C[C@H](CO)NC(=O)c1ccc(OCCCC2CCN(C(=O)OC(C)(C)C)CC2)cc1F. The lowest BCUT2D eigenvalue weighted by atomic mass is 9.92. The summed E-state index contributed by atoms with van der Waals surface area (Å²) in [6.45, 7) is 8.87. The summed E-state index contributed by atoms with van der Waals surface area (Å²) < 4.78 is 25.3. The number of carbonyl (C=O) groups is 2. The van der Waals surface area contributed by atoms with Crippen LogP contribution in [-0.2, 0) is 4.74 Å². The molecule has 2 N–H and O–H groups in total. The number of carbonyl (C=O) groups excluding carboxylic acids is 2. The molecule has 31 heavy (non-hydrogen) atoms. The van der Waals surface area contributed by atoms with Crippen LogP contribution in [0.4, 0.5) is 9.18 Å². The molecule has 174 valence electrons. The molecule has 8 heteroatoms. The number of aliphatic hydroxyl groups is 1. The van der Waals surface area contributed by atoms with Crippen LogP contribution in [-0.4, -0.2) is 60.0 Å². The van der Waals surface area contributed by atoms with Crippen LogP contribution in [0.1, 0.15) is 63.7 Å². The van der Waals surface area contributed by atoms with E-state index in [4.69, 9.17) is 14.6 Å². The first-order valence-electron chi connectivity index (χ1n) is 10.9. The van der Waals surface area contributed by atoms with Gasteiger partial charge in [0.1, 0.15) is 17.2 Å². The summed E-state index contributed by atoms with van der Waals surface area (Å²) in [7, 11) is 0. The largest absolute Gasteiger partial charge is 0.493 e. The Hall–Kier alpha value is -2.35. The van der Waals surface area contributed by atoms with Crippen molar-refractivity contribution in [2.45, 2.75) is 65.0 Å². The van der Waals surface area contributed by atoms with E-state index in [-0.39, 0.29) is 18.3 Å². The topological polar surface area (TPSA) is 88.1 Å². The number of hydrogen-bond donors (Lipinski definition) is 2. The molecule has 1 aromatic carbocycles. The van der Waals surface area contributed by atoms with Crippen molar-refractivity contribution in [2.24, 2.45) is 5.92 Å². The lowest BCUT2D eigenvalue weighted by Gasteiger charge is -2.33. The normalized spacial score (nSPS) is 16.0. The molecule has 0 aliphatic carbocycles. The number of aliphatic hydroxyl groups excluding tert-OH is 1. The zero-order valence-corrected chi connectivity index (χ0v) is 18.9. The van der Waals surface area contributed by atoms with Crippen molar-refractivity contribution < 1.29 is 28.6 Å². The second-order valence-electron chi connectivity index (χ2n) is 9.10. The van der Waals surface area contributed by atoms with Gasteiger partial charge in [0.15, 0.2) is 0 Å². The van der Waals surface area contributed by atoms with Gasteiger partial charge in [-0.3, -0.25) is 4.79 Å². The Balaban J connectivity index is 1.70. The van der Waals surface area contributed by atoms with Crippen molar-refractivity contribution in [3.05, 3.63) is 29.6 Å². The highest BCUT2D eigenvalue weighted by molar-refractivity contribution is 5.94. The van der Waals surface area contributed by atoms with Gasteiger partial charge < -0.3 is 24.8 Å². The van der Waals surface area contributed by atoms with Crippen molar-refractivity contribution in [2.75, 3.05) is 26.3 Å². The van der Waals surface area contributed by atoms with Gasteiger partial charge in [-0.2, -0.15) is 0 Å². The number of rotatable bonds is 8. The molecule has 0 aromatic heterocycles. The summed E-state index contributed by atoms with van der Waals surface area (Å²) in [5.41, 5.74) is -0.561. The van der Waals surface area contributed by atoms with E-state index < -0.39 is 23.4 Å². The summed E-state index contributed by atoms with van der Waals surface area (Å²) in [4.78, 5) is 25.9. The lowest BCUT2D eigenvalue weighted by Crippen LogP contribution is -2.41. The monoisotopic (exact) mass is 438 g/mol. The zero-order chi connectivity index (χ0) is 23.0. The minimum Gasteiger partial charge on any atom is -0.493 e. The van der Waals surface area contributed by atoms with E-state index in [1.165, 1.54) is 12.1 Å². The van der Waals surface area contributed by atoms with Gasteiger partial charge in [0.05, 0.1) is 18.8 Å². The van der Waals surface area contributed by atoms with Gasteiger partial charge >= 0.3 is 6.09 Å². The number of piperidine rings is 1. The van der Waals surface area contributed by atoms with E-state index in [9.17, 15) is 14.0 Å². The Morgan fingerprint density at radius 3 is 2.55 bits per heavy atom. The highest BCUT2D eigenvalue weighted by atomic mass is 19.1.